The first-order valence-electron chi connectivity index (χ1n) is 7.93. The van der Waals surface area contributed by atoms with Crippen molar-refractivity contribution in [2.24, 2.45) is 0 Å². The van der Waals surface area contributed by atoms with Crippen LogP contribution >= 0.6 is 0 Å². The molecule has 0 saturated carbocycles. The van der Waals surface area contributed by atoms with E-state index in [0.29, 0.717) is 17.8 Å². The Kier molecular flexibility index (Phi) is 6.52. The number of rotatable bonds is 7. The van der Waals surface area contributed by atoms with Gasteiger partial charge in [-0.05, 0) is 25.1 Å². The van der Waals surface area contributed by atoms with Crippen LogP contribution in [0.4, 0.5) is 5.69 Å². The lowest BCUT2D eigenvalue weighted by Gasteiger charge is -2.09. The van der Waals surface area contributed by atoms with Crippen LogP contribution in [0.2, 0.25) is 0 Å². The lowest BCUT2D eigenvalue weighted by molar-refractivity contribution is -0.112. The van der Waals surface area contributed by atoms with E-state index in [1.807, 2.05) is 30.3 Å². The smallest absolute Gasteiger partial charge is 0.267 e. The molecule has 0 unspecified atom stereocenters. The van der Waals surface area contributed by atoms with Crippen molar-refractivity contribution in [3.8, 4) is 11.8 Å². The Labute approximate surface area is 152 Å². The van der Waals surface area contributed by atoms with Gasteiger partial charge in [0.1, 0.15) is 17.4 Å². The van der Waals surface area contributed by atoms with Crippen LogP contribution in [0, 0.1) is 11.3 Å². The van der Waals surface area contributed by atoms with Gasteiger partial charge in [0.2, 0.25) is 0 Å². The topological polar surface area (TPSA) is 91.2 Å². The number of carbonyl (C=O) groups is 2. The molecule has 0 aliphatic heterocycles. The summed E-state index contributed by atoms with van der Waals surface area (Å²) in [5.41, 5.74) is 1.76. The fraction of sp³-hybridized carbons (Fsp3) is 0.150. The second kappa shape index (κ2) is 9.04. The van der Waals surface area contributed by atoms with Crippen molar-refractivity contribution in [1.82, 2.24) is 5.32 Å². The minimum Gasteiger partial charge on any atom is -0.496 e. The van der Waals surface area contributed by atoms with Crippen molar-refractivity contribution in [3.63, 3.8) is 0 Å². The van der Waals surface area contributed by atoms with E-state index in [2.05, 4.69) is 10.6 Å². The molecule has 2 aromatic rings. The molecule has 132 valence electrons. The van der Waals surface area contributed by atoms with Gasteiger partial charge in [0.05, 0.1) is 7.11 Å². The van der Waals surface area contributed by atoms with Gasteiger partial charge in [0.25, 0.3) is 5.91 Å². The number of methoxy groups -OCH3 is 1. The molecule has 0 bridgehead atoms. The summed E-state index contributed by atoms with van der Waals surface area (Å²) in [5, 5.41) is 14.8. The molecule has 0 fully saturated rings. The molecular weight excluding hydrogens is 330 g/mol. The van der Waals surface area contributed by atoms with Crippen molar-refractivity contribution in [2.45, 2.75) is 13.5 Å². The average Bonchev–Trinajstić information content (AvgIpc) is 2.65. The molecule has 0 atom stereocenters. The fourth-order valence-electron chi connectivity index (χ4n) is 2.28. The number of carbonyl (C=O) groups excluding carboxylic acids is 2. The number of Topliss-reactive ketones (excluding diaryl/α,β-unsaturated/α-hetero) is 1. The number of nitriles is 1. The molecule has 0 saturated heterocycles. The van der Waals surface area contributed by atoms with E-state index in [4.69, 9.17) is 4.74 Å². The first-order chi connectivity index (χ1) is 12.5. The molecule has 0 aliphatic carbocycles. The summed E-state index contributed by atoms with van der Waals surface area (Å²) in [6.45, 7) is 1.85. The van der Waals surface area contributed by atoms with Crippen LogP contribution in [0.5, 0.6) is 5.75 Å². The molecule has 2 N–H and O–H groups in total. The number of benzene rings is 2. The zero-order valence-electron chi connectivity index (χ0n) is 14.6. The number of amides is 1. The summed E-state index contributed by atoms with van der Waals surface area (Å²) in [6.07, 6.45) is 1.36. The van der Waals surface area contributed by atoms with Gasteiger partial charge in [0, 0.05) is 29.6 Å². The van der Waals surface area contributed by atoms with E-state index in [1.165, 1.54) is 13.1 Å². The van der Waals surface area contributed by atoms with Gasteiger partial charge < -0.3 is 15.4 Å². The Hall–Kier alpha value is -3.59. The molecule has 2 aromatic carbocycles. The summed E-state index contributed by atoms with van der Waals surface area (Å²) in [7, 11) is 1.58. The minimum atomic E-state index is -0.555. The lowest BCUT2D eigenvalue weighted by atomic mass is 10.1. The molecule has 0 heterocycles. The maximum absolute atomic E-state index is 12.2. The van der Waals surface area contributed by atoms with Crippen LogP contribution in [0.3, 0.4) is 0 Å². The molecule has 6 nitrogen and oxygen atoms in total. The third-order valence-electron chi connectivity index (χ3n) is 3.62. The zero-order chi connectivity index (χ0) is 18.9. The predicted molar refractivity (Wildman–Crippen MR) is 98.6 cm³/mol. The number of hydrogen-bond acceptors (Lipinski definition) is 5. The highest BCUT2D eigenvalue weighted by atomic mass is 16.5. The van der Waals surface area contributed by atoms with Crippen molar-refractivity contribution < 1.29 is 14.3 Å². The highest BCUT2D eigenvalue weighted by Crippen LogP contribution is 2.17. The quantitative estimate of drug-likeness (QED) is 0.455. The van der Waals surface area contributed by atoms with E-state index in [-0.39, 0.29) is 11.4 Å². The molecule has 0 aromatic heterocycles. The Morgan fingerprint density at radius 2 is 1.96 bits per heavy atom. The minimum absolute atomic E-state index is 0.0758. The van der Waals surface area contributed by atoms with Gasteiger partial charge in [-0.3, -0.25) is 9.59 Å². The van der Waals surface area contributed by atoms with Crippen molar-refractivity contribution in [2.75, 3.05) is 12.4 Å². The van der Waals surface area contributed by atoms with Crippen molar-refractivity contribution in [1.29, 1.82) is 5.26 Å². The third kappa shape index (κ3) is 4.95. The van der Waals surface area contributed by atoms with Crippen LogP contribution < -0.4 is 15.4 Å². The summed E-state index contributed by atoms with van der Waals surface area (Å²) < 4.78 is 5.25. The fourth-order valence-corrected chi connectivity index (χ4v) is 2.28. The number of nitrogens with one attached hydrogen (secondary N) is 2. The average molecular weight is 349 g/mol. The number of ether oxygens (including phenoxy) is 1. The van der Waals surface area contributed by atoms with Gasteiger partial charge in [-0.25, -0.2) is 0 Å². The highest BCUT2D eigenvalue weighted by molar-refractivity contribution is 6.07. The van der Waals surface area contributed by atoms with E-state index in [0.717, 1.165) is 11.3 Å². The monoisotopic (exact) mass is 349 g/mol. The van der Waals surface area contributed by atoms with E-state index in [9.17, 15) is 14.9 Å². The maximum atomic E-state index is 12.2. The van der Waals surface area contributed by atoms with Crippen LogP contribution in [0.25, 0.3) is 0 Å². The van der Waals surface area contributed by atoms with Gasteiger partial charge in [-0.1, -0.05) is 30.3 Å². The second-order valence-corrected chi connectivity index (χ2v) is 5.45. The zero-order valence-corrected chi connectivity index (χ0v) is 14.6. The van der Waals surface area contributed by atoms with E-state index in [1.54, 1.807) is 31.4 Å². The molecule has 6 heteroatoms. The molecule has 2 rings (SSSR count). The van der Waals surface area contributed by atoms with Crippen LogP contribution in [-0.2, 0) is 11.3 Å². The lowest BCUT2D eigenvalue weighted by Crippen LogP contribution is -2.17. The Morgan fingerprint density at radius 1 is 1.19 bits per heavy atom. The van der Waals surface area contributed by atoms with Gasteiger partial charge in [0.15, 0.2) is 5.78 Å². The SMILES string of the molecule is COc1ccccc1CN/C=C(/C#N)C(=O)Nc1cccc(C(C)=O)c1. The second-order valence-electron chi connectivity index (χ2n) is 5.45. The molecule has 0 spiro atoms. The summed E-state index contributed by atoms with van der Waals surface area (Å²) in [4.78, 5) is 23.6. The Bertz CT molecular complexity index is 882. The van der Waals surface area contributed by atoms with E-state index < -0.39 is 5.91 Å². The maximum Gasteiger partial charge on any atom is 0.267 e. The molecule has 0 aliphatic rings. The van der Waals surface area contributed by atoms with Crippen molar-refractivity contribution in [3.05, 3.63) is 71.4 Å². The molecule has 1 amide bonds. The summed E-state index contributed by atoms with van der Waals surface area (Å²) >= 11 is 0. The van der Waals surface area contributed by atoms with Crippen LogP contribution in [-0.4, -0.2) is 18.8 Å². The first kappa shape index (κ1) is 18.7. The Morgan fingerprint density at radius 3 is 2.65 bits per heavy atom. The first-order valence-corrected chi connectivity index (χ1v) is 7.93. The molecule has 0 radical (unpaired) electrons. The van der Waals surface area contributed by atoms with Crippen LogP contribution in [0.15, 0.2) is 60.3 Å². The largest absolute Gasteiger partial charge is 0.496 e. The van der Waals surface area contributed by atoms with Gasteiger partial charge in [-0.2, -0.15) is 5.26 Å². The Balaban J connectivity index is 2.04. The number of ketones is 1. The molecule has 26 heavy (non-hydrogen) atoms. The highest BCUT2D eigenvalue weighted by Gasteiger charge is 2.10. The third-order valence-corrected chi connectivity index (χ3v) is 3.62. The standard InChI is InChI=1S/C20H19N3O3/c1-14(24)15-7-5-8-18(10-15)23-20(25)17(11-21)13-22-12-16-6-3-4-9-19(16)26-2/h3-10,13,22H,12H2,1-2H3,(H,23,25)/b17-13-. The predicted octanol–water partition coefficient (Wildman–Crippen LogP) is 3.03. The van der Waals surface area contributed by atoms with Crippen LogP contribution in [0.1, 0.15) is 22.8 Å². The molecular formula is C20H19N3O3. The number of nitrogens with zero attached hydrogens (tertiary/aromatic N) is 1. The normalized spacial score (nSPS) is 10.6. The van der Waals surface area contributed by atoms with Gasteiger partial charge in [-0.15, -0.1) is 0 Å². The number of hydrogen-bond donors (Lipinski definition) is 2. The van der Waals surface area contributed by atoms with E-state index >= 15 is 0 Å². The van der Waals surface area contributed by atoms with Crippen molar-refractivity contribution >= 4 is 17.4 Å². The van der Waals surface area contributed by atoms with Gasteiger partial charge >= 0.3 is 0 Å². The summed E-state index contributed by atoms with van der Waals surface area (Å²) in [6, 6.07) is 15.9. The summed E-state index contributed by atoms with van der Waals surface area (Å²) in [5.74, 6) is 0.0637. The number of para-hydroxylation sites is 1. The number of anilines is 1.